The third-order valence-corrected chi connectivity index (χ3v) is 4.15. The van der Waals surface area contributed by atoms with Gasteiger partial charge in [0.2, 0.25) is 0 Å². The number of hydrogen-bond acceptors (Lipinski definition) is 2. The number of amides is 2. The second-order valence-corrected chi connectivity index (χ2v) is 5.87. The highest BCUT2D eigenvalue weighted by atomic mass is 79.9. The highest BCUT2D eigenvalue weighted by Gasteiger charge is 2.16. The summed E-state index contributed by atoms with van der Waals surface area (Å²) < 4.78 is 0.863. The van der Waals surface area contributed by atoms with Crippen LogP contribution in [-0.4, -0.2) is 24.0 Å². The fourth-order valence-electron chi connectivity index (χ4n) is 2.25. The van der Waals surface area contributed by atoms with Gasteiger partial charge in [0.1, 0.15) is 0 Å². The zero-order valence-corrected chi connectivity index (χ0v) is 12.8. The summed E-state index contributed by atoms with van der Waals surface area (Å²) in [5.41, 5.74) is 8.31. The van der Waals surface area contributed by atoms with Crippen molar-refractivity contribution < 1.29 is 4.79 Å². The summed E-state index contributed by atoms with van der Waals surface area (Å²) in [4.78, 5) is 14.1. The van der Waals surface area contributed by atoms with Crippen molar-refractivity contribution in [2.24, 2.45) is 0 Å². The first-order valence-electron chi connectivity index (χ1n) is 6.69. The Morgan fingerprint density at radius 1 is 1.26 bits per heavy atom. The predicted octanol–water partition coefficient (Wildman–Crippen LogP) is 3.75. The summed E-state index contributed by atoms with van der Waals surface area (Å²) in [5, 5.41) is 2.94. The number of halogens is 1. The van der Waals surface area contributed by atoms with Crippen LogP contribution in [0.25, 0.3) is 0 Å². The van der Waals surface area contributed by atoms with E-state index >= 15 is 0 Å². The predicted molar refractivity (Wildman–Crippen MR) is 82.4 cm³/mol. The van der Waals surface area contributed by atoms with Crippen molar-refractivity contribution in [3.63, 3.8) is 0 Å². The lowest BCUT2D eigenvalue weighted by atomic mass is 10.2. The molecule has 5 heteroatoms. The van der Waals surface area contributed by atoms with Gasteiger partial charge in [0.15, 0.2) is 0 Å². The molecule has 2 rings (SSSR count). The Labute approximate surface area is 122 Å². The molecule has 0 aromatic heterocycles. The van der Waals surface area contributed by atoms with Gasteiger partial charge in [-0.1, -0.05) is 12.8 Å². The molecule has 2 amide bonds. The van der Waals surface area contributed by atoms with E-state index in [0.29, 0.717) is 5.69 Å². The minimum atomic E-state index is -0.0362. The molecule has 0 aliphatic carbocycles. The first kappa shape index (κ1) is 14.2. The quantitative estimate of drug-likeness (QED) is 0.772. The summed E-state index contributed by atoms with van der Waals surface area (Å²) in [6, 6.07) is 3.69. The molecule has 1 aromatic rings. The molecule has 0 spiro atoms. The van der Waals surface area contributed by atoms with Crippen LogP contribution >= 0.6 is 15.9 Å². The molecule has 1 aliphatic heterocycles. The zero-order valence-electron chi connectivity index (χ0n) is 11.2. The minimum absolute atomic E-state index is 0.0362. The third kappa shape index (κ3) is 3.62. The number of nitrogen functional groups attached to an aromatic ring is 1. The van der Waals surface area contributed by atoms with E-state index in [0.717, 1.165) is 41.7 Å². The van der Waals surface area contributed by atoms with Crippen LogP contribution in [0.4, 0.5) is 16.2 Å². The number of likely N-dealkylation sites (tertiary alicyclic amines) is 1. The average Bonchev–Trinajstić information content (AvgIpc) is 2.64. The minimum Gasteiger partial charge on any atom is -0.398 e. The number of nitrogens with two attached hydrogens (primary N) is 1. The van der Waals surface area contributed by atoms with E-state index < -0.39 is 0 Å². The Kier molecular flexibility index (Phi) is 4.69. The van der Waals surface area contributed by atoms with Gasteiger partial charge in [-0.25, -0.2) is 4.79 Å². The van der Waals surface area contributed by atoms with E-state index in [2.05, 4.69) is 21.2 Å². The van der Waals surface area contributed by atoms with Crippen LogP contribution in [0.5, 0.6) is 0 Å². The second kappa shape index (κ2) is 6.28. The zero-order chi connectivity index (χ0) is 13.8. The van der Waals surface area contributed by atoms with Crippen molar-refractivity contribution in [2.45, 2.75) is 32.6 Å². The second-order valence-electron chi connectivity index (χ2n) is 5.02. The Hall–Kier alpha value is -1.23. The van der Waals surface area contributed by atoms with Crippen molar-refractivity contribution in [1.29, 1.82) is 0 Å². The number of urea groups is 1. The van der Waals surface area contributed by atoms with E-state index in [-0.39, 0.29) is 6.03 Å². The molecule has 1 fully saturated rings. The molecule has 19 heavy (non-hydrogen) atoms. The maximum Gasteiger partial charge on any atom is 0.321 e. The maximum absolute atomic E-state index is 12.2. The average molecular weight is 326 g/mol. The summed E-state index contributed by atoms with van der Waals surface area (Å²) in [7, 11) is 0. The van der Waals surface area contributed by atoms with E-state index in [1.807, 2.05) is 17.9 Å². The van der Waals surface area contributed by atoms with Crippen molar-refractivity contribution in [3.8, 4) is 0 Å². The van der Waals surface area contributed by atoms with E-state index in [9.17, 15) is 4.79 Å². The molecule has 3 N–H and O–H groups in total. The molecule has 0 atom stereocenters. The molecule has 0 radical (unpaired) electrons. The van der Waals surface area contributed by atoms with Crippen molar-refractivity contribution in [2.75, 3.05) is 24.1 Å². The molecule has 0 unspecified atom stereocenters. The summed E-state index contributed by atoms with van der Waals surface area (Å²) >= 11 is 3.46. The van der Waals surface area contributed by atoms with Gasteiger partial charge >= 0.3 is 6.03 Å². The number of rotatable bonds is 1. The summed E-state index contributed by atoms with van der Waals surface area (Å²) in [6.45, 7) is 3.62. The molecule has 4 nitrogen and oxygen atoms in total. The molecule has 1 aromatic carbocycles. The number of carbonyl (C=O) groups is 1. The van der Waals surface area contributed by atoms with Gasteiger partial charge in [0, 0.05) is 23.2 Å². The Morgan fingerprint density at radius 3 is 2.53 bits per heavy atom. The summed E-state index contributed by atoms with van der Waals surface area (Å²) in [5.74, 6) is 0. The van der Waals surface area contributed by atoms with Crippen molar-refractivity contribution >= 4 is 33.3 Å². The molecular weight excluding hydrogens is 306 g/mol. The molecule has 1 saturated heterocycles. The summed E-state index contributed by atoms with van der Waals surface area (Å²) in [6.07, 6.45) is 4.60. The SMILES string of the molecule is Cc1cc(Br)c(NC(=O)N2CCCCCC2)cc1N. The Morgan fingerprint density at radius 2 is 1.89 bits per heavy atom. The first-order chi connectivity index (χ1) is 9.08. The monoisotopic (exact) mass is 325 g/mol. The van der Waals surface area contributed by atoms with Gasteiger partial charge in [0.05, 0.1) is 5.69 Å². The number of nitrogens with one attached hydrogen (secondary N) is 1. The lowest BCUT2D eigenvalue weighted by Crippen LogP contribution is -2.35. The first-order valence-corrected chi connectivity index (χ1v) is 7.49. The third-order valence-electron chi connectivity index (χ3n) is 3.49. The topological polar surface area (TPSA) is 58.4 Å². The normalized spacial score (nSPS) is 16.0. The largest absolute Gasteiger partial charge is 0.398 e. The van der Waals surface area contributed by atoms with E-state index in [4.69, 9.17) is 5.73 Å². The van der Waals surface area contributed by atoms with Gasteiger partial charge < -0.3 is 16.0 Å². The standard InChI is InChI=1S/C14H20BrN3O/c1-10-8-11(15)13(9-12(10)16)17-14(19)18-6-4-2-3-5-7-18/h8-9H,2-7,16H2,1H3,(H,17,19). The van der Waals surface area contributed by atoms with Gasteiger partial charge in [-0.2, -0.15) is 0 Å². The maximum atomic E-state index is 12.2. The van der Waals surface area contributed by atoms with Crippen LogP contribution in [0.3, 0.4) is 0 Å². The van der Waals surface area contributed by atoms with Crippen LogP contribution < -0.4 is 11.1 Å². The van der Waals surface area contributed by atoms with Crippen LogP contribution in [-0.2, 0) is 0 Å². The van der Waals surface area contributed by atoms with Crippen LogP contribution in [0.15, 0.2) is 16.6 Å². The number of nitrogens with zero attached hydrogens (tertiary/aromatic N) is 1. The van der Waals surface area contributed by atoms with Gasteiger partial charge in [-0.15, -0.1) is 0 Å². The smallest absolute Gasteiger partial charge is 0.321 e. The van der Waals surface area contributed by atoms with Crippen LogP contribution in [0, 0.1) is 6.92 Å². The van der Waals surface area contributed by atoms with Gasteiger partial charge in [-0.05, 0) is 53.4 Å². The fraction of sp³-hybridized carbons (Fsp3) is 0.500. The van der Waals surface area contributed by atoms with Crippen LogP contribution in [0.1, 0.15) is 31.2 Å². The highest BCUT2D eigenvalue weighted by molar-refractivity contribution is 9.10. The lowest BCUT2D eigenvalue weighted by molar-refractivity contribution is 0.214. The number of carbonyl (C=O) groups excluding carboxylic acids is 1. The van der Waals surface area contributed by atoms with Crippen LogP contribution in [0.2, 0.25) is 0 Å². The number of benzene rings is 1. The number of hydrogen-bond donors (Lipinski definition) is 2. The molecular formula is C14H20BrN3O. The van der Waals surface area contributed by atoms with Crippen molar-refractivity contribution in [1.82, 2.24) is 4.90 Å². The molecule has 0 saturated carbocycles. The Bertz CT molecular complexity index is 468. The fourth-order valence-corrected chi connectivity index (χ4v) is 2.81. The van der Waals surface area contributed by atoms with Crippen molar-refractivity contribution in [3.05, 3.63) is 22.2 Å². The highest BCUT2D eigenvalue weighted by Crippen LogP contribution is 2.28. The van der Waals surface area contributed by atoms with Gasteiger partial charge in [-0.3, -0.25) is 0 Å². The molecule has 0 bridgehead atoms. The molecule has 104 valence electrons. The lowest BCUT2D eigenvalue weighted by Gasteiger charge is -2.21. The number of anilines is 2. The Balaban J connectivity index is 2.07. The van der Waals surface area contributed by atoms with Gasteiger partial charge in [0.25, 0.3) is 0 Å². The number of aryl methyl sites for hydroxylation is 1. The molecule has 1 heterocycles. The van der Waals surface area contributed by atoms with E-state index in [1.165, 1.54) is 12.8 Å². The van der Waals surface area contributed by atoms with E-state index in [1.54, 1.807) is 6.07 Å². The molecule has 1 aliphatic rings.